The molecule has 1 aromatic carbocycles. The predicted octanol–water partition coefficient (Wildman–Crippen LogP) is 3.06. The third-order valence-electron chi connectivity index (χ3n) is 2.66. The van der Waals surface area contributed by atoms with Gasteiger partial charge >= 0.3 is 0 Å². The summed E-state index contributed by atoms with van der Waals surface area (Å²) < 4.78 is 5.29. The summed E-state index contributed by atoms with van der Waals surface area (Å²) in [6.45, 7) is 2.51. The number of anilines is 1. The highest BCUT2D eigenvalue weighted by molar-refractivity contribution is 6.30. The van der Waals surface area contributed by atoms with E-state index in [0.717, 1.165) is 22.7 Å². The minimum absolute atomic E-state index is 0.465. The first-order chi connectivity index (χ1) is 8.72. The fourth-order valence-corrected chi connectivity index (χ4v) is 1.77. The Morgan fingerprint density at radius 1 is 1.28 bits per heavy atom. The molecule has 0 spiro atoms. The lowest BCUT2D eigenvalue weighted by Gasteiger charge is -2.11. The van der Waals surface area contributed by atoms with Crippen molar-refractivity contribution >= 4 is 17.4 Å². The number of nitrogens with zero attached hydrogens (tertiary/aromatic N) is 2. The number of halogens is 1. The second-order valence-corrected chi connectivity index (χ2v) is 4.16. The van der Waals surface area contributed by atoms with Gasteiger partial charge in [-0.3, -0.25) is 0 Å². The number of ether oxygens (including phenoxy) is 1. The smallest absolute Gasteiger partial charge is 0.137 e. The summed E-state index contributed by atoms with van der Waals surface area (Å²) in [6.07, 6.45) is 1.44. The Morgan fingerprint density at radius 2 is 2.06 bits per heavy atom. The third-order valence-corrected chi connectivity index (χ3v) is 3.04. The summed E-state index contributed by atoms with van der Waals surface area (Å²) >= 11 is 5.94. The van der Waals surface area contributed by atoms with Crippen LogP contribution in [0.2, 0.25) is 5.15 Å². The van der Waals surface area contributed by atoms with E-state index in [9.17, 15) is 0 Å². The number of hydrogen-bond donors (Lipinski definition) is 1. The van der Waals surface area contributed by atoms with E-state index < -0.39 is 0 Å². The van der Waals surface area contributed by atoms with Crippen LogP contribution in [0.4, 0.5) is 5.82 Å². The molecular formula is C13H14ClN3O. The van der Waals surface area contributed by atoms with Crippen LogP contribution in [0.25, 0.3) is 0 Å². The molecule has 0 atom stereocenters. The summed E-state index contributed by atoms with van der Waals surface area (Å²) in [7, 11) is 1.66. The van der Waals surface area contributed by atoms with E-state index in [0.29, 0.717) is 11.7 Å². The van der Waals surface area contributed by atoms with Gasteiger partial charge in [0.25, 0.3) is 0 Å². The molecule has 0 amide bonds. The van der Waals surface area contributed by atoms with Crippen LogP contribution in [0.3, 0.4) is 0 Å². The molecule has 0 radical (unpaired) electrons. The van der Waals surface area contributed by atoms with Crippen molar-refractivity contribution in [2.75, 3.05) is 12.4 Å². The second-order valence-electron chi connectivity index (χ2n) is 3.80. The summed E-state index contributed by atoms with van der Waals surface area (Å²) in [5.41, 5.74) is 1.91. The zero-order valence-corrected chi connectivity index (χ0v) is 11.0. The standard InChI is InChI=1S/C13H14ClN3O/c1-9-12(14)16-8-17-13(9)15-7-10-5-3-4-6-11(10)18-2/h3-6,8H,7H2,1-2H3,(H,15,16,17). The Morgan fingerprint density at radius 3 is 2.83 bits per heavy atom. The molecule has 2 aromatic rings. The molecule has 0 aliphatic rings. The molecule has 0 aliphatic heterocycles. The van der Waals surface area contributed by atoms with Crippen molar-refractivity contribution < 1.29 is 4.74 Å². The largest absolute Gasteiger partial charge is 0.496 e. The van der Waals surface area contributed by atoms with Crippen LogP contribution in [0.1, 0.15) is 11.1 Å². The van der Waals surface area contributed by atoms with Crippen molar-refractivity contribution in [2.24, 2.45) is 0 Å². The minimum atomic E-state index is 0.465. The maximum Gasteiger partial charge on any atom is 0.137 e. The SMILES string of the molecule is COc1ccccc1CNc1ncnc(Cl)c1C. The van der Waals surface area contributed by atoms with Gasteiger partial charge in [-0.15, -0.1) is 0 Å². The summed E-state index contributed by atoms with van der Waals surface area (Å²) in [4.78, 5) is 8.08. The third kappa shape index (κ3) is 2.71. The summed E-state index contributed by atoms with van der Waals surface area (Å²) in [5.74, 6) is 1.59. The van der Waals surface area contributed by atoms with Crippen LogP contribution >= 0.6 is 11.6 Å². The number of hydrogen-bond acceptors (Lipinski definition) is 4. The van der Waals surface area contributed by atoms with Crippen LogP contribution < -0.4 is 10.1 Å². The highest BCUT2D eigenvalue weighted by atomic mass is 35.5. The van der Waals surface area contributed by atoms with Gasteiger partial charge in [0, 0.05) is 17.7 Å². The first kappa shape index (κ1) is 12.6. The molecule has 0 saturated heterocycles. The zero-order chi connectivity index (χ0) is 13.0. The Balaban J connectivity index is 2.14. The molecular weight excluding hydrogens is 250 g/mol. The minimum Gasteiger partial charge on any atom is -0.496 e. The normalized spacial score (nSPS) is 10.2. The molecule has 0 saturated carbocycles. The van der Waals surface area contributed by atoms with Gasteiger partial charge in [0.15, 0.2) is 0 Å². The maximum absolute atomic E-state index is 5.94. The van der Waals surface area contributed by atoms with E-state index in [-0.39, 0.29) is 0 Å². The Bertz CT molecular complexity index is 546. The number of benzene rings is 1. The number of methoxy groups -OCH3 is 1. The van der Waals surface area contributed by atoms with Crippen LogP contribution in [-0.4, -0.2) is 17.1 Å². The van der Waals surface area contributed by atoms with Crippen molar-refractivity contribution in [2.45, 2.75) is 13.5 Å². The van der Waals surface area contributed by atoms with Gasteiger partial charge in [0.1, 0.15) is 23.0 Å². The zero-order valence-electron chi connectivity index (χ0n) is 10.3. The van der Waals surface area contributed by atoms with Gasteiger partial charge in [-0.2, -0.15) is 0 Å². The van der Waals surface area contributed by atoms with Crippen LogP contribution in [0.5, 0.6) is 5.75 Å². The van der Waals surface area contributed by atoms with Gasteiger partial charge in [-0.25, -0.2) is 9.97 Å². The van der Waals surface area contributed by atoms with E-state index >= 15 is 0 Å². The van der Waals surface area contributed by atoms with E-state index in [1.54, 1.807) is 7.11 Å². The average Bonchev–Trinajstić information content (AvgIpc) is 2.41. The molecule has 2 rings (SSSR count). The number of rotatable bonds is 4. The lowest BCUT2D eigenvalue weighted by Crippen LogP contribution is -2.05. The predicted molar refractivity (Wildman–Crippen MR) is 72.1 cm³/mol. The molecule has 1 heterocycles. The van der Waals surface area contributed by atoms with Crippen LogP contribution in [0.15, 0.2) is 30.6 Å². The van der Waals surface area contributed by atoms with Crippen molar-refractivity contribution in [1.82, 2.24) is 9.97 Å². The van der Waals surface area contributed by atoms with Crippen molar-refractivity contribution in [3.05, 3.63) is 46.9 Å². The second kappa shape index (κ2) is 5.69. The number of aromatic nitrogens is 2. The van der Waals surface area contributed by atoms with Gasteiger partial charge < -0.3 is 10.1 Å². The first-order valence-electron chi connectivity index (χ1n) is 5.55. The molecule has 0 aliphatic carbocycles. The Labute approximate surface area is 111 Å². The molecule has 1 N–H and O–H groups in total. The van der Waals surface area contributed by atoms with E-state index in [1.165, 1.54) is 6.33 Å². The molecule has 18 heavy (non-hydrogen) atoms. The molecule has 94 valence electrons. The highest BCUT2D eigenvalue weighted by Gasteiger charge is 2.06. The monoisotopic (exact) mass is 263 g/mol. The lowest BCUT2D eigenvalue weighted by molar-refractivity contribution is 0.410. The van der Waals surface area contributed by atoms with Crippen molar-refractivity contribution in [3.63, 3.8) is 0 Å². The van der Waals surface area contributed by atoms with Gasteiger partial charge in [0.05, 0.1) is 7.11 Å². The fraction of sp³-hybridized carbons (Fsp3) is 0.231. The molecule has 0 unspecified atom stereocenters. The van der Waals surface area contributed by atoms with Crippen molar-refractivity contribution in [3.8, 4) is 5.75 Å². The topological polar surface area (TPSA) is 47.0 Å². The average molecular weight is 264 g/mol. The van der Waals surface area contributed by atoms with E-state index in [2.05, 4.69) is 15.3 Å². The molecule has 5 heteroatoms. The van der Waals surface area contributed by atoms with Crippen LogP contribution in [0, 0.1) is 6.92 Å². The molecule has 0 fully saturated rings. The lowest BCUT2D eigenvalue weighted by atomic mass is 10.2. The Kier molecular flexibility index (Phi) is 3.99. The number of para-hydroxylation sites is 1. The summed E-state index contributed by atoms with van der Waals surface area (Å²) in [6, 6.07) is 7.84. The van der Waals surface area contributed by atoms with E-state index in [4.69, 9.17) is 16.3 Å². The fourth-order valence-electron chi connectivity index (χ4n) is 1.63. The quantitative estimate of drug-likeness (QED) is 0.862. The highest BCUT2D eigenvalue weighted by Crippen LogP contribution is 2.21. The molecule has 4 nitrogen and oxygen atoms in total. The number of nitrogens with one attached hydrogen (secondary N) is 1. The van der Waals surface area contributed by atoms with Crippen LogP contribution in [-0.2, 0) is 6.54 Å². The first-order valence-corrected chi connectivity index (χ1v) is 5.93. The van der Waals surface area contributed by atoms with Gasteiger partial charge in [-0.05, 0) is 13.0 Å². The van der Waals surface area contributed by atoms with Crippen molar-refractivity contribution in [1.29, 1.82) is 0 Å². The van der Waals surface area contributed by atoms with Gasteiger partial charge in [0.2, 0.25) is 0 Å². The maximum atomic E-state index is 5.94. The Hall–Kier alpha value is -1.81. The summed E-state index contributed by atoms with van der Waals surface area (Å²) in [5, 5.41) is 3.69. The van der Waals surface area contributed by atoms with E-state index in [1.807, 2.05) is 31.2 Å². The molecule has 0 bridgehead atoms. The molecule has 1 aromatic heterocycles. The van der Waals surface area contributed by atoms with Gasteiger partial charge in [-0.1, -0.05) is 29.8 Å².